The molecular weight excluding hydrogens is 404 g/mol. The van der Waals surface area contributed by atoms with Crippen molar-refractivity contribution in [1.82, 2.24) is 15.4 Å². The van der Waals surface area contributed by atoms with Crippen LogP contribution in [0.25, 0.3) is 22.0 Å². The highest BCUT2D eigenvalue weighted by molar-refractivity contribution is 6.34. The molecule has 2 aromatic heterocycles. The molecule has 1 aliphatic heterocycles. The number of halogens is 1. The van der Waals surface area contributed by atoms with E-state index >= 15 is 0 Å². The van der Waals surface area contributed by atoms with Crippen LogP contribution in [0, 0.1) is 5.92 Å². The predicted molar refractivity (Wildman–Crippen MR) is 118 cm³/mol. The molecule has 1 aliphatic rings. The number of fused-ring (bicyclic) bond motifs is 1. The molecule has 1 fully saturated rings. The number of nitrogens with one attached hydrogen (secondary N) is 2. The number of ether oxygens (including phenoxy) is 1. The van der Waals surface area contributed by atoms with Crippen LogP contribution in [0.15, 0.2) is 30.5 Å². The van der Waals surface area contributed by atoms with Gasteiger partial charge in [0.05, 0.1) is 24.8 Å². The van der Waals surface area contributed by atoms with E-state index in [0.717, 1.165) is 59.7 Å². The van der Waals surface area contributed by atoms with Crippen LogP contribution in [0.1, 0.15) is 30.1 Å². The predicted octanol–water partition coefficient (Wildman–Crippen LogP) is 4.42. The molecule has 0 unspecified atom stereocenters. The first-order valence-electron chi connectivity index (χ1n) is 9.96. The molecular formula is C22H25ClN4O3. The Morgan fingerprint density at radius 1 is 1.23 bits per heavy atom. The molecule has 0 aliphatic carbocycles. The van der Waals surface area contributed by atoms with Crippen molar-refractivity contribution in [2.75, 3.05) is 32.2 Å². The molecule has 0 spiro atoms. The van der Waals surface area contributed by atoms with Crippen LogP contribution >= 0.6 is 11.6 Å². The van der Waals surface area contributed by atoms with Gasteiger partial charge in [-0.15, -0.1) is 0 Å². The molecule has 4 rings (SSSR count). The molecule has 158 valence electrons. The number of aromatic amines is 1. The fraction of sp³-hybridized carbons (Fsp3) is 0.364. The topological polar surface area (TPSA) is 79.5 Å². The summed E-state index contributed by atoms with van der Waals surface area (Å²) >= 11 is 6.58. The van der Waals surface area contributed by atoms with E-state index in [2.05, 4.69) is 22.3 Å². The maximum atomic E-state index is 12.3. The molecule has 1 amide bonds. The number of methoxy groups -OCH3 is 1. The minimum atomic E-state index is -0.336. The van der Waals surface area contributed by atoms with Crippen molar-refractivity contribution in [3.8, 4) is 17.0 Å². The van der Waals surface area contributed by atoms with Gasteiger partial charge in [-0.3, -0.25) is 9.63 Å². The van der Waals surface area contributed by atoms with Crippen LogP contribution in [-0.4, -0.2) is 43.2 Å². The zero-order valence-corrected chi connectivity index (χ0v) is 18.0. The third kappa shape index (κ3) is 3.82. The van der Waals surface area contributed by atoms with Gasteiger partial charge in [0.2, 0.25) is 5.88 Å². The molecule has 1 aromatic carbocycles. The summed E-state index contributed by atoms with van der Waals surface area (Å²) in [6.07, 6.45) is 3.96. The van der Waals surface area contributed by atoms with Gasteiger partial charge < -0.3 is 14.6 Å². The van der Waals surface area contributed by atoms with Gasteiger partial charge in [-0.25, -0.2) is 5.48 Å². The molecule has 7 nitrogen and oxygen atoms in total. The Hall–Kier alpha value is -2.77. The van der Waals surface area contributed by atoms with Crippen LogP contribution in [0.3, 0.4) is 0 Å². The SMILES string of the molecule is CONC(=O)c1c[nH]c2cc(Cl)c(-c3ccc(N4CCC(C)CC4)nc3OC)cc12. The number of rotatable bonds is 5. The summed E-state index contributed by atoms with van der Waals surface area (Å²) < 4.78 is 5.61. The van der Waals surface area contributed by atoms with Gasteiger partial charge in [0.1, 0.15) is 5.82 Å². The Kier molecular flexibility index (Phi) is 5.83. The number of amides is 1. The van der Waals surface area contributed by atoms with Crippen molar-refractivity contribution < 1.29 is 14.4 Å². The number of carbonyl (C=O) groups excluding carboxylic acids is 1. The quantitative estimate of drug-likeness (QED) is 0.588. The fourth-order valence-electron chi connectivity index (χ4n) is 3.89. The van der Waals surface area contributed by atoms with Gasteiger partial charge in [0.25, 0.3) is 5.91 Å². The molecule has 3 heterocycles. The minimum absolute atomic E-state index is 0.336. The number of hydrogen-bond acceptors (Lipinski definition) is 5. The van der Waals surface area contributed by atoms with Crippen molar-refractivity contribution in [1.29, 1.82) is 0 Å². The first-order chi connectivity index (χ1) is 14.5. The second-order valence-electron chi connectivity index (χ2n) is 7.61. The maximum absolute atomic E-state index is 12.3. The number of piperidine rings is 1. The highest BCUT2D eigenvalue weighted by Gasteiger charge is 2.21. The van der Waals surface area contributed by atoms with Crippen LogP contribution in [0.5, 0.6) is 5.88 Å². The molecule has 8 heteroatoms. The van der Waals surface area contributed by atoms with Gasteiger partial charge >= 0.3 is 0 Å². The number of hydroxylamine groups is 1. The molecule has 3 aromatic rings. The van der Waals surface area contributed by atoms with Crippen molar-refractivity contribution >= 4 is 34.2 Å². The summed E-state index contributed by atoms with van der Waals surface area (Å²) in [4.78, 5) is 27.2. The molecule has 0 saturated carbocycles. The number of aromatic nitrogens is 2. The average Bonchev–Trinajstić information content (AvgIpc) is 3.16. The summed E-state index contributed by atoms with van der Waals surface area (Å²) in [5, 5.41) is 1.28. The van der Waals surface area contributed by atoms with E-state index in [4.69, 9.17) is 26.2 Å². The summed E-state index contributed by atoms with van der Waals surface area (Å²) in [5.41, 5.74) is 5.10. The average molecular weight is 429 g/mol. The van der Waals surface area contributed by atoms with E-state index in [0.29, 0.717) is 16.5 Å². The van der Waals surface area contributed by atoms with Gasteiger partial charge in [0, 0.05) is 41.3 Å². The third-order valence-corrected chi connectivity index (χ3v) is 5.96. The van der Waals surface area contributed by atoms with Crippen LogP contribution in [-0.2, 0) is 4.84 Å². The highest BCUT2D eigenvalue weighted by atomic mass is 35.5. The zero-order chi connectivity index (χ0) is 21.3. The molecule has 1 saturated heterocycles. The lowest BCUT2D eigenvalue weighted by Crippen LogP contribution is -2.33. The van der Waals surface area contributed by atoms with Gasteiger partial charge in [-0.2, -0.15) is 4.98 Å². The van der Waals surface area contributed by atoms with E-state index in [1.807, 2.05) is 18.2 Å². The standard InChI is InChI=1S/C22H25ClN4O3/c1-13-6-8-27(9-7-13)20-5-4-14(22(25-20)29-2)15-10-16-17(21(28)26-30-3)12-24-19(16)11-18(15)23/h4-5,10-13,24H,6-9H2,1-3H3,(H,26,28). The van der Waals surface area contributed by atoms with Crippen molar-refractivity contribution in [2.45, 2.75) is 19.8 Å². The number of benzene rings is 1. The molecule has 0 radical (unpaired) electrons. The van der Waals surface area contributed by atoms with Gasteiger partial charge in [-0.05, 0) is 43.0 Å². The number of hydrogen-bond donors (Lipinski definition) is 2. The largest absolute Gasteiger partial charge is 0.480 e. The number of carbonyl (C=O) groups is 1. The summed E-state index contributed by atoms with van der Waals surface area (Å²) in [7, 11) is 3.00. The van der Waals surface area contributed by atoms with E-state index in [1.54, 1.807) is 19.4 Å². The highest BCUT2D eigenvalue weighted by Crippen LogP contribution is 2.38. The van der Waals surface area contributed by atoms with Gasteiger partial charge in [0.15, 0.2) is 0 Å². The number of nitrogens with zero attached hydrogens (tertiary/aromatic N) is 2. The summed E-state index contributed by atoms with van der Waals surface area (Å²) in [6.45, 7) is 4.27. The molecule has 0 bridgehead atoms. The van der Waals surface area contributed by atoms with E-state index in [9.17, 15) is 4.79 Å². The Labute approximate surface area is 180 Å². The van der Waals surface area contributed by atoms with E-state index < -0.39 is 0 Å². The fourth-order valence-corrected chi connectivity index (χ4v) is 4.16. The molecule has 30 heavy (non-hydrogen) atoms. The number of anilines is 1. The first kappa shape index (κ1) is 20.5. The minimum Gasteiger partial charge on any atom is -0.480 e. The van der Waals surface area contributed by atoms with Crippen LogP contribution in [0.2, 0.25) is 5.02 Å². The number of pyridine rings is 1. The second-order valence-corrected chi connectivity index (χ2v) is 8.02. The van der Waals surface area contributed by atoms with E-state index in [1.165, 1.54) is 7.11 Å². The van der Waals surface area contributed by atoms with Gasteiger partial charge in [-0.1, -0.05) is 18.5 Å². The summed E-state index contributed by atoms with van der Waals surface area (Å²) in [6, 6.07) is 7.66. The lowest BCUT2D eigenvalue weighted by Gasteiger charge is -2.31. The Morgan fingerprint density at radius 2 is 2.00 bits per heavy atom. The Balaban J connectivity index is 1.74. The maximum Gasteiger partial charge on any atom is 0.276 e. The Bertz CT molecular complexity index is 1070. The molecule has 2 N–H and O–H groups in total. The van der Waals surface area contributed by atoms with Crippen molar-refractivity contribution in [2.24, 2.45) is 5.92 Å². The Morgan fingerprint density at radius 3 is 2.70 bits per heavy atom. The second kappa shape index (κ2) is 8.53. The lowest BCUT2D eigenvalue weighted by atomic mass is 9.99. The lowest BCUT2D eigenvalue weighted by molar-refractivity contribution is 0.0539. The zero-order valence-electron chi connectivity index (χ0n) is 17.3. The van der Waals surface area contributed by atoms with Crippen molar-refractivity contribution in [3.63, 3.8) is 0 Å². The monoisotopic (exact) mass is 428 g/mol. The van der Waals surface area contributed by atoms with Crippen molar-refractivity contribution in [3.05, 3.63) is 41.0 Å². The van der Waals surface area contributed by atoms with Crippen LogP contribution < -0.4 is 15.1 Å². The smallest absolute Gasteiger partial charge is 0.276 e. The number of H-pyrrole nitrogens is 1. The summed E-state index contributed by atoms with van der Waals surface area (Å²) in [5.74, 6) is 1.82. The third-order valence-electron chi connectivity index (χ3n) is 5.65. The van der Waals surface area contributed by atoms with Crippen LogP contribution in [0.4, 0.5) is 5.82 Å². The van der Waals surface area contributed by atoms with E-state index in [-0.39, 0.29) is 5.91 Å². The normalized spacial score (nSPS) is 14.9. The molecule has 0 atom stereocenters. The first-order valence-corrected chi connectivity index (χ1v) is 10.3.